The highest BCUT2D eigenvalue weighted by atomic mass is 35.5. The van der Waals surface area contributed by atoms with E-state index in [2.05, 4.69) is 4.98 Å². The Morgan fingerprint density at radius 3 is 2.71 bits per heavy atom. The van der Waals surface area contributed by atoms with Gasteiger partial charge in [0.15, 0.2) is 0 Å². The van der Waals surface area contributed by atoms with E-state index < -0.39 is 5.97 Å². The third-order valence-corrected chi connectivity index (χ3v) is 3.58. The Morgan fingerprint density at radius 1 is 1.24 bits per heavy atom. The number of carboxylic acid groups (broad SMARTS) is 1. The van der Waals surface area contributed by atoms with Crippen LogP contribution in [-0.2, 0) is 0 Å². The van der Waals surface area contributed by atoms with Crippen molar-refractivity contribution >= 4 is 28.6 Å². The first kappa shape index (κ1) is 13.5. The average molecular weight is 303 g/mol. The summed E-state index contributed by atoms with van der Waals surface area (Å²) in [5.74, 6) is -1.04. The van der Waals surface area contributed by atoms with Crippen LogP contribution in [0.5, 0.6) is 0 Å². The summed E-state index contributed by atoms with van der Waals surface area (Å²) < 4.78 is 1.43. The summed E-state index contributed by atoms with van der Waals surface area (Å²) in [6, 6.07) is 9.73. The van der Waals surface area contributed by atoms with Gasteiger partial charge in [0.1, 0.15) is 0 Å². The SMILES string of the molecule is Cc1ccc(Cl)cc1-n1c(=O)[nH]c2ccc(C(=O)O)cc21. The molecule has 106 valence electrons. The Hall–Kier alpha value is -2.53. The van der Waals surface area contributed by atoms with Crippen LogP contribution >= 0.6 is 11.6 Å². The van der Waals surface area contributed by atoms with Crippen LogP contribution in [-0.4, -0.2) is 20.6 Å². The van der Waals surface area contributed by atoms with Gasteiger partial charge in [-0.15, -0.1) is 0 Å². The molecule has 1 heterocycles. The number of rotatable bonds is 2. The van der Waals surface area contributed by atoms with Gasteiger partial charge in [-0.2, -0.15) is 0 Å². The third kappa shape index (κ3) is 2.21. The molecule has 0 atom stereocenters. The molecule has 0 radical (unpaired) electrons. The Bertz CT molecular complexity index is 924. The van der Waals surface area contributed by atoms with Gasteiger partial charge in [0, 0.05) is 5.02 Å². The predicted molar refractivity (Wildman–Crippen MR) is 80.6 cm³/mol. The normalized spacial score (nSPS) is 11.0. The molecule has 3 rings (SSSR count). The highest BCUT2D eigenvalue weighted by Crippen LogP contribution is 2.22. The van der Waals surface area contributed by atoms with Crippen molar-refractivity contribution in [2.24, 2.45) is 0 Å². The summed E-state index contributed by atoms with van der Waals surface area (Å²) in [4.78, 5) is 26.0. The van der Waals surface area contributed by atoms with Gasteiger partial charge in [-0.3, -0.25) is 4.57 Å². The minimum Gasteiger partial charge on any atom is -0.478 e. The Labute approximate surface area is 124 Å². The van der Waals surface area contributed by atoms with Crippen LogP contribution < -0.4 is 5.69 Å². The lowest BCUT2D eigenvalue weighted by Crippen LogP contribution is -2.15. The van der Waals surface area contributed by atoms with Gasteiger partial charge in [0.2, 0.25) is 0 Å². The second-order valence-corrected chi connectivity index (χ2v) is 5.17. The van der Waals surface area contributed by atoms with Crippen molar-refractivity contribution in [3.8, 4) is 5.69 Å². The Morgan fingerprint density at radius 2 is 2.00 bits per heavy atom. The standard InChI is InChI=1S/C15H11ClN2O3/c1-8-2-4-10(16)7-12(8)18-13-6-9(14(19)20)3-5-11(13)17-15(18)21/h2-7H,1H3,(H,17,21)(H,19,20). The number of hydrogen-bond donors (Lipinski definition) is 2. The Kier molecular flexibility index (Phi) is 3.07. The van der Waals surface area contributed by atoms with Gasteiger partial charge in [-0.25, -0.2) is 9.59 Å². The molecule has 3 aromatic rings. The number of aromatic carboxylic acids is 1. The molecule has 0 bridgehead atoms. The first-order valence-corrected chi connectivity index (χ1v) is 6.60. The number of aryl methyl sites for hydroxylation is 1. The summed E-state index contributed by atoms with van der Waals surface area (Å²) >= 11 is 6.00. The number of carboxylic acids is 1. The number of benzene rings is 2. The van der Waals surface area contributed by atoms with Gasteiger partial charge in [-0.05, 0) is 42.8 Å². The molecule has 21 heavy (non-hydrogen) atoms. The van der Waals surface area contributed by atoms with Crippen molar-refractivity contribution in [3.63, 3.8) is 0 Å². The fourth-order valence-corrected chi connectivity index (χ4v) is 2.46. The van der Waals surface area contributed by atoms with Crippen LogP contribution in [0, 0.1) is 6.92 Å². The molecular weight excluding hydrogens is 292 g/mol. The summed E-state index contributed by atoms with van der Waals surface area (Å²) in [5, 5.41) is 9.60. The fraction of sp³-hybridized carbons (Fsp3) is 0.0667. The molecule has 2 aromatic carbocycles. The van der Waals surface area contributed by atoms with E-state index in [1.807, 2.05) is 13.0 Å². The lowest BCUT2D eigenvalue weighted by atomic mass is 10.1. The molecule has 5 nitrogen and oxygen atoms in total. The fourth-order valence-electron chi connectivity index (χ4n) is 2.30. The molecule has 0 saturated carbocycles. The van der Waals surface area contributed by atoms with Crippen LogP contribution in [0.2, 0.25) is 5.02 Å². The second kappa shape index (κ2) is 4.79. The van der Waals surface area contributed by atoms with Gasteiger partial charge >= 0.3 is 11.7 Å². The molecule has 1 aromatic heterocycles. The lowest BCUT2D eigenvalue weighted by molar-refractivity contribution is 0.0697. The molecule has 0 aliphatic carbocycles. The van der Waals surface area contributed by atoms with Crippen LogP contribution in [0.25, 0.3) is 16.7 Å². The quantitative estimate of drug-likeness (QED) is 0.764. The van der Waals surface area contributed by atoms with Crippen LogP contribution in [0.1, 0.15) is 15.9 Å². The van der Waals surface area contributed by atoms with Gasteiger partial charge in [0.05, 0.1) is 22.3 Å². The molecule has 2 N–H and O–H groups in total. The van der Waals surface area contributed by atoms with Crippen molar-refractivity contribution < 1.29 is 9.90 Å². The average Bonchev–Trinajstić information content (AvgIpc) is 2.76. The molecule has 0 fully saturated rings. The molecular formula is C15H11ClN2O3. The van der Waals surface area contributed by atoms with E-state index in [1.54, 1.807) is 18.2 Å². The van der Waals surface area contributed by atoms with Crippen LogP contribution in [0.4, 0.5) is 0 Å². The van der Waals surface area contributed by atoms with E-state index >= 15 is 0 Å². The van der Waals surface area contributed by atoms with Gasteiger partial charge in [0.25, 0.3) is 0 Å². The molecule has 6 heteroatoms. The smallest absolute Gasteiger partial charge is 0.335 e. The Balaban J connectivity index is 2.38. The number of aromatic amines is 1. The molecule has 0 spiro atoms. The second-order valence-electron chi connectivity index (χ2n) is 4.73. The number of halogens is 1. The van der Waals surface area contributed by atoms with Crippen LogP contribution in [0.15, 0.2) is 41.2 Å². The number of imidazole rings is 1. The number of H-pyrrole nitrogens is 1. The molecule has 0 aliphatic heterocycles. The van der Waals surface area contributed by atoms with E-state index in [9.17, 15) is 9.59 Å². The largest absolute Gasteiger partial charge is 0.478 e. The number of fused-ring (bicyclic) bond motifs is 1. The van der Waals surface area contributed by atoms with E-state index in [-0.39, 0.29) is 11.3 Å². The third-order valence-electron chi connectivity index (χ3n) is 3.34. The number of carbonyl (C=O) groups is 1. The van der Waals surface area contributed by atoms with Crippen LogP contribution in [0.3, 0.4) is 0 Å². The number of nitrogens with one attached hydrogen (secondary N) is 1. The monoisotopic (exact) mass is 302 g/mol. The van der Waals surface area contributed by atoms with Crippen molar-refractivity contribution in [1.82, 2.24) is 9.55 Å². The summed E-state index contributed by atoms with van der Waals surface area (Å²) in [6.45, 7) is 1.86. The summed E-state index contributed by atoms with van der Waals surface area (Å²) in [7, 11) is 0. The first-order valence-electron chi connectivity index (χ1n) is 6.22. The molecule has 0 aliphatic rings. The lowest BCUT2D eigenvalue weighted by Gasteiger charge is -2.08. The zero-order chi connectivity index (χ0) is 15.1. The van der Waals surface area contributed by atoms with Crippen molar-refractivity contribution in [2.75, 3.05) is 0 Å². The number of aromatic nitrogens is 2. The van der Waals surface area contributed by atoms with E-state index in [4.69, 9.17) is 16.7 Å². The molecule has 0 unspecified atom stereocenters. The van der Waals surface area contributed by atoms with E-state index in [0.29, 0.717) is 21.7 Å². The van der Waals surface area contributed by atoms with E-state index in [0.717, 1.165) is 5.56 Å². The van der Waals surface area contributed by atoms with Crippen molar-refractivity contribution in [3.05, 3.63) is 63.0 Å². The maximum Gasteiger partial charge on any atom is 0.335 e. The van der Waals surface area contributed by atoms with Crippen molar-refractivity contribution in [1.29, 1.82) is 0 Å². The molecule has 0 amide bonds. The predicted octanol–water partition coefficient (Wildman–Crippen LogP) is 2.98. The van der Waals surface area contributed by atoms with Gasteiger partial charge < -0.3 is 10.1 Å². The minimum atomic E-state index is -1.04. The van der Waals surface area contributed by atoms with Gasteiger partial charge in [-0.1, -0.05) is 17.7 Å². The zero-order valence-electron chi connectivity index (χ0n) is 11.1. The minimum absolute atomic E-state index is 0.120. The summed E-state index contributed by atoms with van der Waals surface area (Å²) in [6.07, 6.45) is 0. The maximum atomic E-state index is 12.2. The first-order chi connectivity index (χ1) is 9.97. The highest BCUT2D eigenvalue weighted by Gasteiger charge is 2.13. The van der Waals surface area contributed by atoms with Crippen molar-refractivity contribution in [2.45, 2.75) is 6.92 Å². The topological polar surface area (TPSA) is 75.1 Å². The zero-order valence-corrected chi connectivity index (χ0v) is 11.8. The number of hydrogen-bond acceptors (Lipinski definition) is 2. The molecule has 0 saturated heterocycles. The maximum absolute atomic E-state index is 12.2. The van der Waals surface area contributed by atoms with E-state index in [1.165, 1.54) is 16.7 Å². The number of nitrogens with zero attached hydrogens (tertiary/aromatic N) is 1. The highest BCUT2D eigenvalue weighted by molar-refractivity contribution is 6.30. The summed E-state index contributed by atoms with van der Waals surface area (Å²) in [5.41, 5.74) is 2.35.